The Morgan fingerprint density at radius 2 is 0.420 bits per heavy atom. The molecule has 2 aliphatic rings. The summed E-state index contributed by atoms with van der Waals surface area (Å²) in [5.41, 5.74) is -9.72. The van der Waals surface area contributed by atoms with Crippen LogP contribution in [0.15, 0.2) is 72.8 Å². The van der Waals surface area contributed by atoms with Crippen molar-refractivity contribution >= 4 is 94.1 Å². The number of nitrogens with one attached hydrogen (secondary N) is 2. The van der Waals surface area contributed by atoms with E-state index in [0.29, 0.717) is 22.3 Å². The van der Waals surface area contributed by atoms with Crippen LogP contribution in [0.3, 0.4) is 0 Å². The molecule has 0 radical (unpaired) electrons. The van der Waals surface area contributed by atoms with Crippen LogP contribution in [-0.2, 0) is 21.7 Å². The molecule has 0 spiro atoms. The topological polar surface area (TPSA) is 356 Å². The molecule has 5 heterocycles. The molecule has 0 fully saturated rings. The SMILES string of the molecule is CC(C)(C)c1cc(C(=O)O)c(-c2c3nc(c(-c4c(C(=O)O)cc(C(C)(C)C)cc4C(=O)O)c4ccc([nH]4)c(-c4c(C(=O)O)cc(C(C)(C)C)cc4C(=O)O)c4nc(c(-c5c(C(=O)O)cc(C(C)(C)C)cc5C(=O)O)c5ccc2[nH]5)C=C4)C=C3)c(C(=O)O)c1. The molecule has 88 heavy (non-hydrogen) atoms. The van der Waals surface area contributed by atoms with Crippen molar-refractivity contribution in [2.75, 3.05) is 0 Å². The maximum Gasteiger partial charge on any atom is 0.336 e. The average molecular weight is 1190 g/mol. The quantitative estimate of drug-likeness (QED) is 0.0543. The number of rotatable bonds is 12. The van der Waals surface area contributed by atoms with Crippen molar-refractivity contribution in [1.29, 1.82) is 0 Å². The van der Waals surface area contributed by atoms with Gasteiger partial charge in [-0.15, -0.1) is 0 Å². The highest BCUT2D eigenvalue weighted by atomic mass is 16.4. The third kappa shape index (κ3) is 11.1. The lowest BCUT2D eigenvalue weighted by Crippen LogP contribution is -2.16. The van der Waals surface area contributed by atoms with Gasteiger partial charge in [-0.3, -0.25) is 0 Å². The van der Waals surface area contributed by atoms with Crippen LogP contribution in [0.1, 0.15) is 211 Å². The number of H-pyrrole nitrogens is 2. The van der Waals surface area contributed by atoms with Gasteiger partial charge in [0.2, 0.25) is 0 Å². The highest BCUT2D eigenvalue weighted by Crippen LogP contribution is 2.46. The molecule has 0 atom stereocenters. The Hall–Kier alpha value is -10.8. The molecule has 20 heteroatoms. The van der Waals surface area contributed by atoms with Crippen LogP contribution in [0.2, 0.25) is 0 Å². The number of aromatic carboxylic acids is 8. The molecule has 9 rings (SSSR count). The standard InChI is InChI=1S/C68H62N4O16/c1-65(2,3)29-21-33(57(73)74)49(34(22-29)58(75)76)53-41-13-15-43(69-41)54(50-35(59(77)78)23-30(66(4,5)6)24-36(50)60(79)80)45-17-19-47(71-45)56(52-39(63(85)86)27-32(68(10,11)12)28-40(52)64(87)88)48-20-18-46(72-48)55(44-16-14-42(53)70-44)51-37(61(81)82)25-31(67(7,8)9)26-38(51)62(83)84/h13-28,69,72H,1-12H3,(H,73,74)(H,75,76)(H,77,78)(H,79,80)(H,81,82)(H,83,84)(H,85,86)(H,87,88). The van der Waals surface area contributed by atoms with Crippen molar-refractivity contribution in [2.45, 2.75) is 105 Å². The lowest BCUT2D eigenvalue weighted by atomic mass is 9.81. The molecule has 10 N–H and O–H groups in total. The largest absolute Gasteiger partial charge is 0.478 e. The first-order chi connectivity index (χ1) is 40.8. The zero-order chi connectivity index (χ0) is 64.9. The zero-order valence-corrected chi connectivity index (χ0v) is 50.0. The lowest BCUT2D eigenvalue weighted by Gasteiger charge is -2.23. The number of fused-ring (bicyclic) bond motifs is 8. The molecule has 20 nitrogen and oxygen atoms in total. The van der Waals surface area contributed by atoms with Gasteiger partial charge < -0.3 is 50.8 Å². The first-order valence-corrected chi connectivity index (χ1v) is 27.6. The van der Waals surface area contributed by atoms with E-state index in [9.17, 15) is 79.2 Å². The highest BCUT2D eigenvalue weighted by molar-refractivity contribution is 6.15. The number of carboxylic acids is 8. The third-order valence-corrected chi connectivity index (χ3v) is 15.6. The number of hydrogen-bond donors (Lipinski definition) is 10. The summed E-state index contributed by atoms with van der Waals surface area (Å²) >= 11 is 0. The number of benzene rings is 4. The summed E-state index contributed by atoms with van der Waals surface area (Å²) in [6.45, 7) is 21.0. The van der Waals surface area contributed by atoms with E-state index in [-0.39, 0.29) is 67.1 Å². The highest BCUT2D eigenvalue weighted by Gasteiger charge is 2.35. The van der Waals surface area contributed by atoms with Crippen molar-refractivity contribution in [1.82, 2.24) is 19.9 Å². The molecular formula is C68H62N4O16. The minimum absolute atomic E-state index is 0.0938. The van der Waals surface area contributed by atoms with Crippen molar-refractivity contribution in [3.05, 3.63) is 162 Å². The van der Waals surface area contributed by atoms with E-state index in [2.05, 4.69) is 9.97 Å². The second-order valence-electron chi connectivity index (χ2n) is 25.7. The Bertz CT molecular complexity index is 3850. The minimum Gasteiger partial charge on any atom is -0.478 e. The number of carboxylic acid groups (broad SMARTS) is 8. The fourth-order valence-corrected chi connectivity index (χ4v) is 11.0. The van der Waals surface area contributed by atoms with E-state index in [1.165, 1.54) is 97.1 Å². The molecule has 0 saturated heterocycles. The fourth-order valence-electron chi connectivity index (χ4n) is 11.0. The summed E-state index contributed by atoms with van der Waals surface area (Å²) in [7, 11) is 0. The number of hydrogen-bond acceptors (Lipinski definition) is 10. The summed E-state index contributed by atoms with van der Waals surface area (Å²) in [6, 6.07) is 16.1. The monoisotopic (exact) mass is 1190 g/mol. The summed E-state index contributed by atoms with van der Waals surface area (Å²) in [4.78, 5) is 126. The van der Waals surface area contributed by atoms with Crippen LogP contribution in [0, 0.1) is 0 Å². The molecule has 4 aromatic carbocycles. The molecular weight excluding hydrogens is 1130 g/mol. The van der Waals surface area contributed by atoms with E-state index < -0.39 is 136 Å². The van der Waals surface area contributed by atoms with E-state index in [4.69, 9.17) is 9.97 Å². The normalized spacial score (nSPS) is 12.5. The van der Waals surface area contributed by atoms with Crippen LogP contribution < -0.4 is 0 Å². The van der Waals surface area contributed by atoms with Gasteiger partial charge in [-0.1, -0.05) is 83.1 Å². The van der Waals surface area contributed by atoms with Gasteiger partial charge >= 0.3 is 47.8 Å². The molecule has 0 saturated carbocycles. The Balaban J connectivity index is 1.67. The number of aromatic amines is 2. The first-order valence-electron chi connectivity index (χ1n) is 27.6. The summed E-state index contributed by atoms with van der Waals surface area (Å²) in [5.74, 6) is -12.6. The van der Waals surface area contributed by atoms with Gasteiger partial charge in [-0.05, 0) is 141 Å². The average Bonchev–Trinajstić information content (AvgIpc) is 2.43. The van der Waals surface area contributed by atoms with Gasteiger partial charge in [-0.2, -0.15) is 0 Å². The predicted octanol–water partition coefficient (Wildman–Crippen LogP) is 14.1. The molecule has 8 bridgehead atoms. The van der Waals surface area contributed by atoms with Crippen LogP contribution in [-0.4, -0.2) is 109 Å². The van der Waals surface area contributed by atoms with Crippen LogP contribution in [0.25, 0.3) is 90.9 Å². The smallest absolute Gasteiger partial charge is 0.336 e. The summed E-state index contributed by atoms with van der Waals surface area (Å²) in [6.07, 6.45) is 5.46. The van der Waals surface area contributed by atoms with Gasteiger partial charge in [0.05, 0.1) is 67.3 Å². The molecule has 450 valence electrons. The second-order valence-corrected chi connectivity index (χ2v) is 25.7. The maximum atomic E-state index is 13.7. The van der Waals surface area contributed by atoms with Gasteiger partial charge in [0, 0.05) is 66.6 Å². The van der Waals surface area contributed by atoms with Gasteiger partial charge in [0.25, 0.3) is 0 Å². The van der Waals surface area contributed by atoms with Crippen LogP contribution in [0.5, 0.6) is 0 Å². The first kappa shape index (κ1) is 61.8. The molecule has 3 aromatic heterocycles. The van der Waals surface area contributed by atoms with E-state index >= 15 is 0 Å². The molecule has 2 aliphatic heterocycles. The molecule has 7 aromatic rings. The lowest BCUT2D eigenvalue weighted by molar-refractivity contribution is 0.0677. The van der Waals surface area contributed by atoms with E-state index in [1.54, 1.807) is 83.1 Å². The van der Waals surface area contributed by atoms with E-state index in [1.807, 2.05) is 0 Å². The minimum atomic E-state index is -1.57. The van der Waals surface area contributed by atoms with Crippen molar-refractivity contribution in [2.24, 2.45) is 0 Å². The molecule has 0 amide bonds. The maximum absolute atomic E-state index is 13.7. The number of aromatic nitrogens is 4. The Kier molecular flexibility index (Phi) is 15.2. The summed E-state index contributed by atoms with van der Waals surface area (Å²) < 4.78 is 0. The fraction of sp³-hybridized carbons (Fsp3) is 0.235. The number of nitrogens with zero attached hydrogens (tertiary/aromatic N) is 2. The zero-order valence-electron chi connectivity index (χ0n) is 50.0. The Morgan fingerprint density at radius 1 is 0.273 bits per heavy atom. The van der Waals surface area contributed by atoms with Gasteiger partial charge in [0.15, 0.2) is 0 Å². The van der Waals surface area contributed by atoms with Crippen LogP contribution in [0.4, 0.5) is 0 Å². The van der Waals surface area contributed by atoms with Gasteiger partial charge in [-0.25, -0.2) is 48.3 Å². The Morgan fingerprint density at radius 3 is 0.545 bits per heavy atom. The van der Waals surface area contributed by atoms with E-state index in [0.717, 1.165) is 0 Å². The van der Waals surface area contributed by atoms with Crippen LogP contribution >= 0.6 is 0 Å². The van der Waals surface area contributed by atoms with Crippen molar-refractivity contribution < 1.29 is 79.2 Å². The van der Waals surface area contributed by atoms with Crippen molar-refractivity contribution in [3.63, 3.8) is 0 Å². The summed E-state index contributed by atoms with van der Waals surface area (Å²) in [5, 5.41) is 89.3. The Labute approximate surface area is 502 Å². The second kappa shape index (κ2) is 21.6. The third-order valence-electron chi connectivity index (χ3n) is 15.6. The van der Waals surface area contributed by atoms with Gasteiger partial charge in [0.1, 0.15) is 0 Å². The molecule has 0 aliphatic carbocycles. The van der Waals surface area contributed by atoms with Crippen molar-refractivity contribution in [3.8, 4) is 44.5 Å². The number of carbonyl (C=O) groups is 8. The molecule has 0 unspecified atom stereocenters. The predicted molar refractivity (Wildman–Crippen MR) is 331 cm³/mol.